The molecule has 0 aliphatic rings. The Labute approximate surface area is 181 Å². The molecule has 3 rings (SSSR count). The number of carbonyl (C=O) groups excluding carboxylic acids is 1. The van der Waals surface area contributed by atoms with Crippen molar-refractivity contribution in [1.29, 1.82) is 0 Å². The molecule has 0 amide bonds. The van der Waals surface area contributed by atoms with Crippen LogP contribution in [0.25, 0.3) is 11.3 Å². The lowest BCUT2D eigenvalue weighted by molar-refractivity contribution is -0.143. The molecule has 0 spiro atoms. The molecule has 0 radical (unpaired) electrons. The molecule has 3 aromatic rings. The van der Waals surface area contributed by atoms with Crippen molar-refractivity contribution in [3.63, 3.8) is 0 Å². The van der Waals surface area contributed by atoms with E-state index in [0.717, 1.165) is 22.7 Å². The van der Waals surface area contributed by atoms with E-state index in [9.17, 15) is 18.0 Å². The van der Waals surface area contributed by atoms with E-state index in [1.54, 1.807) is 29.6 Å². The molecular formula is C22H20F3NO4S. The van der Waals surface area contributed by atoms with Crippen LogP contribution in [-0.2, 0) is 22.1 Å². The van der Waals surface area contributed by atoms with E-state index in [-0.39, 0.29) is 6.61 Å². The minimum Gasteiger partial charge on any atom is -0.493 e. The molecule has 164 valence electrons. The number of hydrogen-bond donors (Lipinski definition) is 0. The normalized spacial score (nSPS) is 11.3. The highest BCUT2D eigenvalue weighted by Gasteiger charge is 2.30. The molecule has 0 unspecified atom stereocenters. The van der Waals surface area contributed by atoms with E-state index in [4.69, 9.17) is 9.47 Å². The lowest BCUT2D eigenvalue weighted by Crippen LogP contribution is -2.13. The molecule has 0 saturated heterocycles. The molecule has 9 heteroatoms. The minimum absolute atomic E-state index is 0.171. The molecule has 0 aliphatic carbocycles. The smallest absolute Gasteiger partial charge is 0.416 e. The van der Waals surface area contributed by atoms with Crippen LogP contribution in [0.4, 0.5) is 13.2 Å². The minimum atomic E-state index is -4.39. The van der Waals surface area contributed by atoms with Crippen LogP contribution in [0, 0.1) is 6.92 Å². The summed E-state index contributed by atoms with van der Waals surface area (Å²) in [5, 5.41) is 2.50. The number of esters is 1. The molecule has 0 bridgehead atoms. The first-order chi connectivity index (χ1) is 14.8. The van der Waals surface area contributed by atoms with Crippen LogP contribution < -0.4 is 9.47 Å². The Kier molecular flexibility index (Phi) is 7.17. The number of halogens is 3. The molecule has 31 heavy (non-hydrogen) atoms. The second kappa shape index (κ2) is 9.82. The SMILES string of the molecule is COC(=O)COc1ccc(OCCc2nc(-c3cccc(C(F)(F)F)c3)cs2)cc1C. The molecule has 1 aromatic heterocycles. The summed E-state index contributed by atoms with van der Waals surface area (Å²) in [6, 6.07) is 10.4. The van der Waals surface area contributed by atoms with Crippen LogP contribution in [0.5, 0.6) is 11.5 Å². The van der Waals surface area contributed by atoms with Gasteiger partial charge in [0.05, 0.1) is 30.0 Å². The van der Waals surface area contributed by atoms with Crippen molar-refractivity contribution in [3.8, 4) is 22.8 Å². The lowest BCUT2D eigenvalue weighted by Gasteiger charge is -2.10. The van der Waals surface area contributed by atoms with Gasteiger partial charge in [0.1, 0.15) is 11.5 Å². The van der Waals surface area contributed by atoms with Gasteiger partial charge in [0, 0.05) is 17.4 Å². The van der Waals surface area contributed by atoms with Gasteiger partial charge in [0.2, 0.25) is 0 Å². The van der Waals surface area contributed by atoms with E-state index >= 15 is 0 Å². The number of aryl methyl sites for hydroxylation is 1. The second-order valence-electron chi connectivity index (χ2n) is 6.60. The van der Waals surface area contributed by atoms with Gasteiger partial charge in [-0.2, -0.15) is 13.2 Å². The Balaban J connectivity index is 1.56. The first-order valence-electron chi connectivity index (χ1n) is 9.31. The monoisotopic (exact) mass is 451 g/mol. The van der Waals surface area contributed by atoms with Gasteiger partial charge in [0.25, 0.3) is 0 Å². The summed E-state index contributed by atoms with van der Waals surface area (Å²) >= 11 is 1.37. The first-order valence-corrected chi connectivity index (χ1v) is 10.2. The Bertz CT molecular complexity index is 1050. The van der Waals surface area contributed by atoms with Crippen LogP contribution in [0.2, 0.25) is 0 Å². The number of thiazole rings is 1. The number of carbonyl (C=O) groups is 1. The molecule has 0 saturated carbocycles. The number of methoxy groups -OCH3 is 1. The fraction of sp³-hybridized carbons (Fsp3) is 0.273. The average molecular weight is 451 g/mol. The third kappa shape index (κ3) is 6.21. The van der Waals surface area contributed by atoms with Crippen LogP contribution in [-0.4, -0.2) is 31.3 Å². The maximum absolute atomic E-state index is 12.9. The third-order valence-electron chi connectivity index (χ3n) is 4.34. The number of alkyl halides is 3. The fourth-order valence-electron chi connectivity index (χ4n) is 2.74. The molecule has 0 aliphatic heterocycles. The standard InChI is InChI=1S/C22H20F3NO4S/c1-14-10-17(6-7-19(14)30-12-21(27)28-2)29-9-8-20-26-18(13-31-20)15-4-3-5-16(11-15)22(23,24)25/h3-7,10-11,13H,8-9,12H2,1-2H3. The summed E-state index contributed by atoms with van der Waals surface area (Å²) in [6.45, 7) is 2.02. The Hall–Kier alpha value is -3.07. The van der Waals surface area contributed by atoms with Crippen LogP contribution in [0.15, 0.2) is 47.8 Å². The summed E-state index contributed by atoms with van der Waals surface area (Å²) in [7, 11) is 1.29. The number of benzene rings is 2. The average Bonchev–Trinajstić information content (AvgIpc) is 3.21. The fourth-order valence-corrected chi connectivity index (χ4v) is 3.53. The number of ether oxygens (including phenoxy) is 3. The predicted octanol–water partition coefficient (Wildman–Crippen LogP) is 5.31. The zero-order valence-electron chi connectivity index (χ0n) is 16.9. The van der Waals surface area contributed by atoms with Crippen molar-refractivity contribution in [2.75, 3.05) is 20.3 Å². The number of rotatable bonds is 8. The topological polar surface area (TPSA) is 57.7 Å². The van der Waals surface area contributed by atoms with Gasteiger partial charge in [-0.05, 0) is 42.8 Å². The van der Waals surface area contributed by atoms with Crippen LogP contribution in [0.1, 0.15) is 16.1 Å². The maximum Gasteiger partial charge on any atom is 0.416 e. The molecule has 0 fully saturated rings. The van der Waals surface area contributed by atoms with Gasteiger partial charge >= 0.3 is 12.1 Å². The van der Waals surface area contributed by atoms with Crippen LogP contribution >= 0.6 is 11.3 Å². The summed E-state index contributed by atoms with van der Waals surface area (Å²) in [5.74, 6) is 0.730. The molecule has 5 nitrogen and oxygen atoms in total. The van der Waals surface area contributed by atoms with E-state index in [1.165, 1.54) is 24.5 Å². The summed E-state index contributed by atoms with van der Waals surface area (Å²) in [5.41, 5.74) is 1.05. The first kappa shape index (κ1) is 22.6. The third-order valence-corrected chi connectivity index (χ3v) is 5.25. The summed E-state index contributed by atoms with van der Waals surface area (Å²) in [4.78, 5) is 15.6. The van der Waals surface area contributed by atoms with E-state index < -0.39 is 17.7 Å². The van der Waals surface area contributed by atoms with Gasteiger partial charge in [-0.15, -0.1) is 11.3 Å². The van der Waals surface area contributed by atoms with Crippen molar-refractivity contribution in [2.24, 2.45) is 0 Å². The zero-order chi connectivity index (χ0) is 22.4. The highest BCUT2D eigenvalue weighted by atomic mass is 32.1. The highest BCUT2D eigenvalue weighted by Crippen LogP contribution is 2.32. The number of hydrogen-bond acceptors (Lipinski definition) is 6. The van der Waals surface area contributed by atoms with Crippen molar-refractivity contribution in [1.82, 2.24) is 4.98 Å². The van der Waals surface area contributed by atoms with Gasteiger partial charge in [-0.1, -0.05) is 12.1 Å². The quantitative estimate of drug-likeness (QED) is 0.435. The molecule has 0 atom stereocenters. The van der Waals surface area contributed by atoms with Crippen molar-refractivity contribution in [3.05, 3.63) is 64.0 Å². The van der Waals surface area contributed by atoms with E-state index in [1.807, 2.05) is 6.92 Å². The summed E-state index contributed by atoms with van der Waals surface area (Å²) in [6.07, 6.45) is -3.87. The Morgan fingerprint density at radius 2 is 1.94 bits per heavy atom. The van der Waals surface area contributed by atoms with Crippen molar-refractivity contribution >= 4 is 17.3 Å². The van der Waals surface area contributed by atoms with Gasteiger partial charge in [-0.25, -0.2) is 9.78 Å². The number of nitrogens with zero attached hydrogens (tertiary/aromatic N) is 1. The van der Waals surface area contributed by atoms with Gasteiger partial charge < -0.3 is 14.2 Å². The van der Waals surface area contributed by atoms with Crippen molar-refractivity contribution in [2.45, 2.75) is 19.5 Å². The van der Waals surface area contributed by atoms with Crippen LogP contribution in [0.3, 0.4) is 0 Å². The zero-order valence-corrected chi connectivity index (χ0v) is 17.7. The van der Waals surface area contributed by atoms with Gasteiger partial charge in [0.15, 0.2) is 6.61 Å². The second-order valence-corrected chi connectivity index (χ2v) is 7.54. The van der Waals surface area contributed by atoms with Gasteiger partial charge in [-0.3, -0.25) is 0 Å². The highest BCUT2D eigenvalue weighted by molar-refractivity contribution is 7.09. The van der Waals surface area contributed by atoms with E-state index in [2.05, 4.69) is 9.72 Å². The molecule has 0 N–H and O–H groups in total. The van der Waals surface area contributed by atoms with Crippen molar-refractivity contribution < 1.29 is 32.2 Å². The molecule has 2 aromatic carbocycles. The molecular weight excluding hydrogens is 431 g/mol. The Morgan fingerprint density at radius 3 is 2.65 bits per heavy atom. The summed E-state index contributed by atoms with van der Waals surface area (Å²) < 4.78 is 54.4. The predicted molar refractivity (Wildman–Crippen MR) is 110 cm³/mol. The number of aromatic nitrogens is 1. The maximum atomic E-state index is 12.9. The lowest BCUT2D eigenvalue weighted by atomic mass is 10.1. The largest absolute Gasteiger partial charge is 0.493 e. The molecule has 1 heterocycles. The Morgan fingerprint density at radius 1 is 1.13 bits per heavy atom. The van der Waals surface area contributed by atoms with E-state index in [0.29, 0.717) is 35.8 Å².